The van der Waals surface area contributed by atoms with Gasteiger partial charge in [0.05, 0.1) is 12.2 Å². The standard InChI is InChI=1S/C16H30N4O4S/c1-13-11-20(12-14(2)24-13)25(22,23)19-9-7-18(8-10-19)16(21)15-3-5-17-6-4-15/h13-15,17H,3-12H2,1-2H3. The zero-order valence-electron chi connectivity index (χ0n) is 15.2. The number of carbonyl (C=O) groups is 1. The van der Waals surface area contributed by atoms with E-state index in [2.05, 4.69) is 5.32 Å². The number of hydrogen-bond acceptors (Lipinski definition) is 5. The number of morpholine rings is 1. The molecule has 3 aliphatic rings. The topological polar surface area (TPSA) is 82.2 Å². The summed E-state index contributed by atoms with van der Waals surface area (Å²) in [4.78, 5) is 14.4. The van der Waals surface area contributed by atoms with E-state index in [0.29, 0.717) is 39.3 Å². The Morgan fingerprint density at radius 3 is 2.08 bits per heavy atom. The summed E-state index contributed by atoms with van der Waals surface area (Å²) in [5, 5.41) is 3.27. The third-order valence-corrected chi connectivity index (χ3v) is 7.25. The Morgan fingerprint density at radius 2 is 1.52 bits per heavy atom. The first-order chi connectivity index (χ1) is 11.9. The van der Waals surface area contributed by atoms with Gasteiger partial charge in [-0.3, -0.25) is 4.79 Å². The van der Waals surface area contributed by atoms with Gasteiger partial charge < -0.3 is 15.0 Å². The van der Waals surface area contributed by atoms with Gasteiger partial charge in [0, 0.05) is 45.2 Å². The molecule has 0 aromatic heterocycles. The van der Waals surface area contributed by atoms with E-state index >= 15 is 0 Å². The van der Waals surface area contributed by atoms with Gasteiger partial charge in [0.15, 0.2) is 0 Å². The average molecular weight is 375 g/mol. The predicted octanol–water partition coefficient (Wildman–Crippen LogP) is -0.516. The molecule has 9 heteroatoms. The Balaban J connectivity index is 1.56. The first kappa shape index (κ1) is 19.0. The van der Waals surface area contributed by atoms with Crippen molar-refractivity contribution in [2.75, 3.05) is 52.4 Å². The Labute approximate surface area is 150 Å². The van der Waals surface area contributed by atoms with Crippen LogP contribution in [0.4, 0.5) is 0 Å². The maximum absolute atomic E-state index is 12.9. The molecule has 3 fully saturated rings. The van der Waals surface area contributed by atoms with Crippen LogP contribution in [-0.2, 0) is 19.7 Å². The minimum absolute atomic E-state index is 0.0883. The summed E-state index contributed by atoms with van der Waals surface area (Å²) in [6.45, 7) is 8.06. The summed E-state index contributed by atoms with van der Waals surface area (Å²) in [6.07, 6.45) is 1.56. The number of ether oxygens (including phenoxy) is 1. The Bertz CT molecular complexity index is 561. The Hall–Kier alpha value is -0.740. The van der Waals surface area contributed by atoms with Crippen molar-refractivity contribution >= 4 is 16.1 Å². The van der Waals surface area contributed by atoms with Crippen molar-refractivity contribution in [3.8, 4) is 0 Å². The highest BCUT2D eigenvalue weighted by atomic mass is 32.2. The fourth-order valence-corrected chi connectivity index (χ4v) is 5.70. The third-order valence-electron chi connectivity index (χ3n) is 5.28. The molecule has 2 atom stereocenters. The van der Waals surface area contributed by atoms with Crippen LogP contribution in [0, 0.1) is 5.92 Å². The van der Waals surface area contributed by atoms with Gasteiger partial charge in [-0.2, -0.15) is 17.0 Å². The van der Waals surface area contributed by atoms with E-state index in [1.807, 2.05) is 18.7 Å². The molecule has 0 aliphatic carbocycles. The van der Waals surface area contributed by atoms with Crippen LogP contribution in [0.1, 0.15) is 26.7 Å². The van der Waals surface area contributed by atoms with E-state index in [0.717, 1.165) is 25.9 Å². The van der Waals surface area contributed by atoms with Crippen molar-refractivity contribution in [2.45, 2.75) is 38.9 Å². The van der Waals surface area contributed by atoms with Crippen molar-refractivity contribution in [1.82, 2.24) is 18.8 Å². The maximum Gasteiger partial charge on any atom is 0.282 e. The largest absolute Gasteiger partial charge is 0.373 e. The van der Waals surface area contributed by atoms with Gasteiger partial charge in [-0.1, -0.05) is 0 Å². The maximum atomic E-state index is 12.9. The summed E-state index contributed by atoms with van der Waals surface area (Å²) < 4.78 is 34.5. The normalized spacial score (nSPS) is 31.2. The molecule has 0 aromatic rings. The van der Waals surface area contributed by atoms with Crippen molar-refractivity contribution in [3.05, 3.63) is 0 Å². The monoisotopic (exact) mass is 374 g/mol. The number of amides is 1. The summed E-state index contributed by atoms with van der Waals surface area (Å²) >= 11 is 0. The highest BCUT2D eigenvalue weighted by Gasteiger charge is 2.38. The van der Waals surface area contributed by atoms with Crippen molar-refractivity contribution in [1.29, 1.82) is 0 Å². The number of piperidine rings is 1. The van der Waals surface area contributed by atoms with E-state index in [9.17, 15) is 13.2 Å². The van der Waals surface area contributed by atoms with Gasteiger partial charge in [0.25, 0.3) is 10.2 Å². The van der Waals surface area contributed by atoms with Gasteiger partial charge in [0.2, 0.25) is 5.91 Å². The molecule has 3 rings (SSSR count). The lowest BCUT2D eigenvalue weighted by molar-refractivity contribution is -0.137. The quantitative estimate of drug-likeness (QED) is 0.719. The Kier molecular flexibility index (Phi) is 5.99. The van der Waals surface area contributed by atoms with Crippen LogP contribution in [0.2, 0.25) is 0 Å². The molecule has 0 bridgehead atoms. The van der Waals surface area contributed by atoms with Gasteiger partial charge in [-0.25, -0.2) is 0 Å². The van der Waals surface area contributed by atoms with Crippen molar-refractivity contribution in [3.63, 3.8) is 0 Å². The lowest BCUT2D eigenvalue weighted by atomic mass is 9.96. The number of rotatable bonds is 3. The van der Waals surface area contributed by atoms with Crippen LogP contribution < -0.4 is 5.32 Å². The third kappa shape index (κ3) is 4.33. The van der Waals surface area contributed by atoms with Crippen molar-refractivity contribution < 1.29 is 17.9 Å². The molecule has 0 aromatic carbocycles. The van der Waals surface area contributed by atoms with Gasteiger partial charge in [-0.05, 0) is 39.8 Å². The molecule has 0 saturated carbocycles. The molecule has 0 radical (unpaired) electrons. The van der Waals surface area contributed by atoms with Crippen LogP contribution in [0.25, 0.3) is 0 Å². The lowest BCUT2D eigenvalue weighted by Gasteiger charge is -2.41. The number of piperazine rings is 1. The Morgan fingerprint density at radius 1 is 0.960 bits per heavy atom. The second kappa shape index (κ2) is 7.87. The fourth-order valence-electron chi connectivity index (χ4n) is 3.95. The van der Waals surface area contributed by atoms with Crippen LogP contribution in [-0.4, -0.2) is 92.4 Å². The van der Waals surface area contributed by atoms with E-state index < -0.39 is 10.2 Å². The molecule has 144 valence electrons. The minimum atomic E-state index is -3.49. The SMILES string of the molecule is CC1CN(S(=O)(=O)N2CCN(C(=O)C3CCNCC3)CC2)CC(C)O1. The van der Waals surface area contributed by atoms with Crippen LogP contribution >= 0.6 is 0 Å². The molecule has 2 unspecified atom stereocenters. The molecule has 0 spiro atoms. The summed E-state index contributed by atoms with van der Waals surface area (Å²) in [7, 11) is -3.49. The number of nitrogens with one attached hydrogen (secondary N) is 1. The molecule has 8 nitrogen and oxygen atoms in total. The molecule has 1 N–H and O–H groups in total. The number of nitrogens with zero attached hydrogens (tertiary/aromatic N) is 3. The molecule has 3 aliphatic heterocycles. The van der Waals surface area contributed by atoms with Gasteiger partial charge in [0.1, 0.15) is 0 Å². The van der Waals surface area contributed by atoms with E-state index in [1.165, 1.54) is 8.61 Å². The first-order valence-electron chi connectivity index (χ1n) is 9.28. The van der Waals surface area contributed by atoms with Gasteiger partial charge in [-0.15, -0.1) is 0 Å². The zero-order valence-corrected chi connectivity index (χ0v) is 16.0. The lowest BCUT2D eigenvalue weighted by Crippen LogP contribution is -2.58. The molecular weight excluding hydrogens is 344 g/mol. The van der Waals surface area contributed by atoms with Crippen LogP contribution in [0.5, 0.6) is 0 Å². The zero-order chi connectivity index (χ0) is 18.0. The van der Waals surface area contributed by atoms with Crippen LogP contribution in [0.3, 0.4) is 0 Å². The minimum Gasteiger partial charge on any atom is -0.373 e. The van der Waals surface area contributed by atoms with Gasteiger partial charge >= 0.3 is 0 Å². The molecular formula is C16H30N4O4S. The fraction of sp³-hybridized carbons (Fsp3) is 0.938. The molecule has 25 heavy (non-hydrogen) atoms. The summed E-state index contributed by atoms with van der Waals surface area (Å²) in [5.41, 5.74) is 0. The summed E-state index contributed by atoms with van der Waals surface area (Å²) in [5.74, 6) is 0.275. The number of hydrogen-bond donors (Lipinski definition) is 1. The highest BCUT2D eigenvalue weighted by Crippen LogP contribution is 2.21. The van der Waals surface area contributed by atoms with Crippen LogP contribution in [0.15, 0.2) is 0 Å². The second-order valence-electron chi connectivity index (χ2n) is 7.33. The van der Waals surface area contributed by atoms with E-state index in [-0.39, 0.29) is 24.0 Å². The van der Waals surface area contributed by atoms with E-state index in [4.69, 9.17) is 4.74 Å². The first-order valence-corrected chi connectivity index (χ1v) is 10.7. The molecule has 1 amide bonds. The molecule has 3 heterocycles. The number of carbonyl (C=O) groups excluding carboxylic acids is 1. The van der Waals surface area contributed by atoms with Crippen molar-refractivity contribution in [2.24, 2.45) is 5.92 Å². The molecule has 3 saturated heterocycles. The predicted molar refractivity (Wildman–Crippen MR) is 94.2 cm³/mol. The summed E-state index contributed by atoms with van der Waals surface area (Å²) in [6, 6.07) is 0. The average Bonchev–Trinajstić information content (AvgIpc) is 2.61. The van der Waals surface area contributed by atoms with E-state index in [1.54, 1.807) is 0 Å². The smallest absolute Gasteiger partial charge is 0.282 e. The highest BCUT2D eigenvalue weighted by molar-refractivity contribution is 7.86. The second-order valence-corrected chi connectivity index (χ2v) is 9.26.